The average molecular weight is 292 g/mol. The Labute approximate surface area is 119 Å². The van der Waals surface area contributed by atoms with Crippen molar-refractivity contribution in [1.29, 1.82) is 0 Å². The molecule has 5 nitrogen and oxygen atoms in total. The molecule has 1 aromatic heterocycles. The quantitative estimate of drug-likeness (QED) is 0.561. The Kier molecular flexibility index (Phi) is 3.27. The molecule has 2 heterocycles. The first kappa shape index (κ1) is 12.3. The van der Waals surface area contributed by atoms with Crippen LogP contribution in [-0.2, 0) is 6.42 Å². The van der Waals surface area contributed by atoms with Gasteiger partial charge in [-0.2, -0.15) is 4.51 Å². The minimum Gasteiger partial charge on any atom is -0.386 e. The van der Waals surface area contributed by atoms with Gasteiger partial charge in [0.05, 0.1) is 5.69 Å². The predicted molar refractivity (Wildman–Crippen MR) is 77.1 cm³/mol. The highest BCUT2D eigenvalue weighted by Crippen LogP contribution is 2.41. The van der Waals surface area contributed by atoms with E-state index in [9.17, 15) is 0 Å². The largest absolute Gasteiger partial charge is 0.386 e. The van der Waals surface area contributed by atoms with E-state index in [1.54, 1.807) is 24.2 Å². The van der Waals surface area contributed by atoms with Gasteiger partial charge in [-0.25, -0.2) is 9.97 Å². The number of halogens is 1. The molecule has 0 amide bonds. The Bertz CT molecular complexity index is 658. The first-order valence-electron chi connectivity index (χ1n) is 5.58. The third-order valence-corrected chi connectivity index (χ3v) is 3.95. The number of benzene rings is 1. The summed E-state index contributed by atoms with van der Waals surface area (Å²) in [4.78, 5) is 9.65. The van der Waals surface area contributed by atoms with Gasteiger partial charge in [0.15, 0.2) is 5.82 Å². The first-order chi connectivity index (χ1) is 9.26. The second-order valence-electron chi connectivity index (χ2n) is 4.02. The lowest BCUT2D eigenvalue weighted by Gasteiger charge is -2.19. The van der Waals surface area contributed by atoms with Crippen LogP contribution in [-0.4, -0.2) is 15.8 Å². The Morgan fingerprint density at radius 3 is 3.05 bits per heavy atom. The molecule has 0 fully saturated rings. The fourth-order valence-corrected chi connectivity index (χ4v) is 2.77. The molecule has 0 saturated heterocycles. The zero-order valence-corrected chi connectivity index (χ0v) is 11.4. The van der Waals surface area contributed by atoms with Crippen molar-refractivity contribution in [3.63, 3.8) is 0 Å². The standard InChI is InChI=1S/C12H10ClN5S/c13-18-10(14)6-7-1-2-9-8(5-7)17-11-12(19-9)16-4-3-15-11/h1-5H,6H2,(H2,14,18)(H,15,17). The molecule has 3 N–H and O–H groups in total. The van der Waals surface area contributed by atoms with Gasteiger partial charge in [-0.05, 0) is 17.7 Å². The Balaban J connectivity index is 1.92. The Morgan fingerprint density at radius 2 is 2.21 bits per heavy atom. The summed E-state index contributed by atoms with van der Waals surface area (Å²) in [5.41, 5.74) is 7.67. The van der Waals surface area contributed by atoms with E-state index in [0.29, 0.717) is 12.3 Å². The molecule has 0 radical (unpaired) electrons. The minimum absolute atomic E-state index is 0.394. The monoisotopic (exact) mass is 291 g/mol. The van der Waals surface area contributed by atoms with E-state index in [-0.39, 0.29) is 0 Å². The summed E-state index contributed by atoms with van der Waals surface area (Å²) in [5.74, 6) is 1.17. The van der Waals surface area contributed by atoms with Gasteiger partial charge < -0.3 is 11.1 Å². The van der Waals surface area contributed by atoms with Gasteiger partial charge in [0.1, 0.15) is 10.9 Å². The molecule has 96 valence electrons. The molecule has 7 heteroatoms. The third kappa shape index (κ3) is 2.50. The van der Waals surface area contributed by atoms with Gasteiger partial charge in [-0.3, -0.25) is 0 Å². The molecule has 19 heavy (non-hydrogen) atoms. The number of nitrogens with one attached hydrogen (secondary N) is 1. The molecule has 0 atom stereocenters. The number of amidine groups is 1. The number of aromatic nitrogens is 2. The highest BCUT2D eigenvalue weighted by Gasteiger charge is 2.17. The van der Waals surface area contributed by atoms with Gasteiger partial charge in [0, 0.05) is 35.5 Å². The number of hydrogen-bond acceptors (Lipinski definition) is 5. The first-order valence-corrected chi connectivity index (χ1v) is 6.74. The summed E-state index contributed by atoms with van der Waals surface area (Å²) in [7, 11) is 0. The lowest BCUT2D eigenvalue weighted by Crippen LogP contribution is -2.14. The van der Waals surface area contributed by atoms with Gasteiger partial charge in [-0.1, -0.05) is 17.8 Å². The van der Waals surface area contributed by atoms with Gasteiger partial charge in [0.2, 0.25) is 0 Å². The van der Waals surface area contributed by atoms with Crippen molar-refractivity contribution in [2.75, 3.05) is 5.32 Å². The normalized spacial score (nSPS) is 13.4. The van der Waals surface area contributed by atoms with E-state index >= 15 is 0 Å². The van der Waals surface area contributed by atoms with Crippen molar-refractivity contribution in [3.8, 4) is 0 Å². The highest BCUT2D eigenvalue weighted by atomic mass is 35.5. The summed E-state index contributed by atoms with van der Waals surface area (Å²) >= 11 is 6.93. The molecule has 1 aromatic carbocycles. The molecule has 2 aromatic rings. The minimum atomic E-state index is 0.394. The number of nitrogens with two attached hydrogens (primary N) is 1. The van der Waals surface area contributed by atoms with E-state index in [0.717, 1.165) is 27.0 Å². The van der Waals surface area contributed by atoms with E-state index in [2.05, 4.69) is 19.8 Å². The van der Waals surface area contributed by atoms with Crippen LogP contribution in [0.2, 0.25) is 0 Å². The molecule has 3 rings (SSSR count). The predicted octanol–water partition coefficient (Wildman–Crippen LogP) is 2.74. The summed E-state index contributed by atoms with van der Waals surface area (Å²) < 4.78 is 3.45. The van der Waals surface area contributed by atoms with E-state index in [1.807, 2.05) is 18.2 Å². The molecule has 0 aliphatic carbocycles. The number of anilines is 2. The molecular weight excluding hydrogens is 282 g/mol. The molecule has 0 spiro atoms. The third-order valence-electron chi connectivity index (χ3n) is 2.66. The molecule has 0 unspecified atom stereocenters. The van der Waals surface area contributed by atoms with Crippen molar-refractivity contribution in [2.24, 2.45) is 10.2 Å². The van der Waals surface area contributed by atoms with Crippen molar-refractivity contribution in [3.05, 3.63) is 36.2 Å². The molecule has 0 saturated carbocycles. The molecular formula is C12H10ClN5S. The van der Waals surface area contributed by atoms with Crippen LogP contribution >= 0.6 is 23.5 Å². The summed E-state index contributed by atoms with van der Waals surface area (Å²) in [6.45, 7) is 0. The summed E-state index contributed by atoms with van der Waals surface area (Å²) in [6, 6.07) is 6.06. The number of nitrogens with zero attached hydrogens (tertiary/aromatic N) is 3. The van der Waals surface area contributed by atoms with Crippen molar-refractivity contribution in [1.82, 2.24) is 9.97 Å². The average Bonchev–Trinajstić information content (AvgIpc) is 2.45. The van der Waals surface area contributed by atoms with Crippen LogP contribution in [0.15, 0.2) is 45.0 Å². The van der Waals surface area contributed by atoms with Gasteiger partial charge >= 0.3 is 0 Å². The number of rotatable bonds is 2. The van der Waals surface area contributed by atoms with Crippen LogP contribution in [0.25, 0.3) is 0 Å². The van der Waals surface area contributed by atoms with Crippen molar-refractivity contribution < 1.29 is 0 Å². The summed E-state index contributed by atoms with van der Waals surface area (Å²) in [6.07, 6.45) is 3.88. The highest BCUT2D eigenvalue weighted by molar-refractivity contribution is 7.99. The fourth-order valence-electron chi connectivity index (χ4n) is 1.83. The lowest BCUT2D eigenvalue weighted by molar-refractivity contribution is 1.05. The van der Waals surface area contributed by atoms with Crippen LogP contribution in [0.4, 0.5) is 11.5 Å². The maximum atomic E-state index is 5.63. The Morgan fingerprint density at radius 1 is 1.37 bits per heavy atom. The lowest BCUT2D eigenvalue weighted by atomic mass is 10.1. The maximum Gasteiger partial charge on any atom is 0.163 e. The van der Waals surface area contributed by atoms with Crippen molar-refractivity contribution in [2.45, 2.75) is 16.3 Å². The SMILES string of the molecule is N/C(Cc1ccc2c(c1)Nc1nccnc1S2)=N\Cl. The second kappa shape index (κ2) is 5.07. The molecule has 1 aliphatic heterocycles. The van der Waals surface area contributed by atoms with Crippen LogP contribution < -0.4 is 11.1 Å². The smallest absolute Gasteiger partial charge is 0.163 e. The second-order valence-corrected chi connectivity index (χ2v) is 5.22. The van der Waals surface area contributed by atoms with Crippen molar-refractivity contribution >= 4 is 40.9 Å². The number of fused-ring (bicyclic) bond motifs is 2. The van der Waals surface area contributed by atoms with Crippen LogP contribution in [0, 0.1) is 0 Å². The van der Waals surface area contributed by atoms with E-state index < -0.39 is 0 Å². The van der Waals surface area contributed by atoms with Crippen LogP contribution in [0.1, 0.15) is 5.56 Å². The van der Waals surface area contributed by atoms with Crippen LogP contribution in [0.5, 0.6) is 0 Å². The summed E-state index contributed by atoms with van der Waals surface area (Å²) in [5, 5.41) is 4.14. The van der Waals surface area contributed by atoms with Gasteiger partial charge in [0.25, 0.3) is 0 Å². The Hall–Kier alpha value is -1.79. The zero-order chi connectivity index (χ0) is 13.2. The number of hydrogen-bond donors (Lipinski definition) is 2. The van der Waals surface area contributed by atoms with E-state index in [4.69, 9.17) is 17.5 Å². The zero-order valence-electron chi connectivity index (χ0n) is 9.80. The van der Waals surface area contributed by atoms with Gasteiger partial charge in [-0.15, -0.1) is 0 Å². The topological polar surface area (TPSA) is 76.2 Å². The fraction of sp³-hybridized carbons (Fsp3) is 0.0833. The van der Waals surface area contributed by atoms with E-state index in [1.165, 1.54) is 0 Å². The van der Waals surface area contributed by atoms with Crippen LogP contribution in [0.3, 0.4) is 0 Å². The maximum absolute atomic E-state index is 5.63. The molecule has 0 bridgehead atoms. The molecule has 1 aliphatic rings.